The molecule has 3 aromatic rings. The fourth-order valence-corrected chi connectivity index (χ4v) is 3.52. The number of ether oxygens (including phenoxy) is 1. The van der Waals surface area contributed by atoms with Crippen molar-refractivity contribution in [3.63, 3.8) is 0 Å². The van der Waals surface area contributed by atoms with Crippen molar-refractivity contribution in [3.05, 3.63) is 69.6 Å². The third-order valence-corrected chi connectivity index (χ3v) is 4.87. The van der Waals surface area contributed by atoms with E-state index in [1.807, 2.05) is 30.3 Å². The number of rotatable bonds is 2. The Kier molecular flexibility index (Phi) is 3.87. The molecule has 7 heteroatoms. The van der Waals surface area contributed by atoms with Crippen LogP contribution in [-0.4, -0.2) is 39.9 Å². The van der Waals surface area contributed by atoms with E-state index in [4.69, 9.17) is 4.74 Å². The third-order valence-electron chi connectivity index (χ3n) is 4.10. The van der Waals surface area contributed by atoms with Crippen LogP contribution in [0.3, 0.4) is 0 Å². The van der Waals surface area contributed by atoms with E-state index in [0.717, 1.165) is 5.56 Å². The van der Waals surface area contributed by atoms with Gasteiger partial charge < -0.3 is 9.64 Å². The molecule has 24 heavy (non-hydrogen) atoms. The Morgan fingerprint density at radius 1 is 1.29 bits per heavy atom. The second-order valence-corrected chi connectivity index (χ2v) is 6.43. The summed E-state index contributed by atoms with van der Waals surface area (Å²) in [6, 6.07) is 9.79. The van der Waals surface area contributed by atoms with E-state index in [0.29, 0.717) is 24.7 Å². The summed E-state index contributed by atoms with van der Waals surface area (Å²) in [5, 5.41) is 1.78. The number of benzene rings is 1. The van der Waals surface area contributed by atoms with E-state index in [1.165, 1.54) is 21.9 Å². The third kappa shape index (κ3) is 2.61. The second kappa shape index (κ2) is 6.18. The van der Waals surface area contributed by atoms with Crippen LogP contribution >= 0.6 is 11.3 Å². The number of amides is 1. The summed E-state index contributed by atoms with van der Waals surface area (Å²) in [7, 11) is 0. The maximum absolute atomic E-state index is 12.8. The maximum atomic E-state index is 12.8. The molecule has 0 bridgehead atoms. The van der Waals surface area contributed by atoms with E-state index < -0.39 is 0 Å². The van der Waals surface area contributed by atoms with Crippen molar-refractivity contribution in [2.24, 2.45) is 0 Å². The molecule has 1 aromatic carbocycles. The minimum absolute atomic E-state index is 0.0969. The average molecular weight is 341 g/mol. The van der Waals surface area contributed by atoms with Crippen molar-refractivity contribution in [3.8, 4) is 0 Å². The number of aromatic nitrogens is 2. The van der Waals surface area contributed by atoms with Crippen LogP contribution in [0.4, 0.5) is 0 Å². The average Bonchev–Trinajstić information content (AvgIpc) is 3.12. The molecule has 0 N–H and O–H groups in total. The van der Waals surface area contributed by atoms with Gasteiger partial charge in [-0.15, -0.1) is 11.3 Å². The normalized spacial score (nSPS) is 18.0. The Bertz CT molecular complexity index is 935. The molecule has 1 unspecified atom stereocenters. The van der Waals surface area contributed by atoms with E-state index in [9.17, 15) is 9.59 Å². The van der Waals surface area contributed by atoms with Gasteiger partial charge in [-0.2, -0.15) is 0 Å². The summed E-state index contributed by atoms with van der Waals surface area (Å²) in [5.41, 5.74) is 0.798. The summed E-state index contributed by atoms with van der Waals surface area (Å²) in [6.07, 6.45) is 2.84. The largest absolute Gasteiger partial charge is 0.370 e. The number of hydrogen-bond donors (Lipinski definition) is 0. The monoisotopic (exact) mass is 341 g/mol. The lowest BCUT2D eigenvalue weighted by Crippen LogP contribution is -2.44. The molecule has 4 rings (SSSR count). The first-order chi connectivity index (χ1) is 11.7. The quantitative estimate of drug-likeness (QED) is 0.715. The summed E-state index contributed by atoms with van der Waals surface area (Å²) in [4.78, 5) is 31.7. The van der Waals surface area contributed by atoms with Crippen LogP contribution in [0.25, 0.3) is 4.96 Å². The molecule has 0 aliphatic carbocycles. The number of hydrogen-bond acceptors (Lipinski definition) is 5. The van der Waals surface area contributed by atoms with Gasteiger partial charge in [0, 0.05) is 24.3 Å². The Morgan fingerprint density at radius 3 is 2.96 bits per heavy atom. The second-order valence-electron chi connectivity index (χ2n) is 5.55. The number of carbonyl (C=O) groups is 1. The van der Waals surface area contributed by atoms with Gasteiger partial charge in [-0.25, -0.2) is 4.98 Å². The topological polar surface area (TPSA) is 63.9 Å². The highest BCUT2D eigenvalue weighted by Crippen LogP contribution is 2.22. The van der Waals surface area contributed by atoms with Crippen molar-refractivity contribution in [2.45, 2.75) is 6.10 Å². The molecule has 3 heterocycles. The molecule has 1 amide bonds. The van der Waals surface area contributed by atoms with Crippen LogP contribution in [0.1, 0.15) is 22.0 Å². The van der Waals surface area contributed by atoms with Gasteiger partial charge in [-0.05, 0) is 5.56 Å². The highest BCUT2D eigenvalue weighted by Gasteiger charge is 2.28. The lowest BCUT2D eigenvalue weighted by atomic mass is 10.1. The van der Waals surface area contributed by atoms with Gasteiger partial charge in [0.25, 0.3) is 11.5 Å². The Hall–Kier alpha value is -2.51. The van der Waals surface area contributed by atoms with Crippen molar-refractivity contribution in [1.29, 1.82) is 0 Å². The van der Waals surface area contributed by atoms with Crippen molar-refractivity contribution < 1.29 is 9.53 Å². The van der Waals surface area contributed by atoms with Crippen LogP contribution in [0.2, 0.25) is 0 Å². The van der Waals surface area contributed by atoms with Crippen molar-refractivity contribution in [1.82, 2.24) is 14.3 Å². The van der Waals surface area contributed by atoms with E-state index in [2.05, 4.69) is 4.98 Å². The summed E-state index contributed by atoms with van der Waals surface area (Å²) < 4.78 is 7.19. The fraction of sp³-hybridized carbons (Fsp3) is 0.235. The van der Waals surface area contributed by atoms with E-state index in [1.54, 1.807) is 16.5 Å². The first-order valence-electron chi connectivity index (χ1n) is 7.65. The molecule has 2 aromatic heterocycles. The standard InChI is InChI=1S/C17H15N3O3S/c21-15(13-10-18-17-20(16(13)22)7-9-24-17)19-6-8-23-14(11-19)12-4-2-1-3-5-12/h1-5,7,9-10,14H,6,8,11H2. The van der Waals surface area contributed by atoms with Gasteiger partial charge >= 0.3 is 0 Å². The molecule has 6 nitrogen and oxygen atoms in total. The van der Waals surface area contributed by atoms with Crippen LogP contribution in [0, 0.1) is 0 Å². The molecule has 1 aliphatic heterocycles. The Labute approximate surface area is 141 Å². The summed E-state index contributed by atoms with van der Waals surface area (Å²) in [5.74, 6) is -0.294. The van der Waals surface area contributed by atoms with Gasteiger partial charge in [-0.3, -0.25) is 14.0 Å². The van der Waals surface area contributed by atoms with Gasteiger partial charge in [0.1, 0.15) is 11.7 Å². The molecule has 1 fully saturated rings. The molecule has 122 valence electrons. The lowest BCUT2D eigenvalue weighted by molar-refractivity contribution is -0.0229. The van der Waals surface area contributed by atoms with Crippen LogP contribution in [0.15, 0.2) is 52.9 Å². The number of thiazole rings is 1. The van der Waals surface area contributed by atoms with Crippen LogP contribution in [-0.2, 0) is 4.74 Å². The number of morpholine rings is 1. The minimum atomic E-state index is -0.325. The Morgan fingerprint density at radius 2 is 2.12 bits per heavy atom. The molecule has 1 aliphatic rings. The summed E-state index contributed by atoms with van der Waals surface area (Å²) in [6.45, 7) is 1.34. The Balaban J connectivity index is 1.61. The maximum Gasteiger partial charge on any atom is 0.271 e. The molecular weight excluding hydrogens is 326 g/mol. The first kappa shape index (κ1) is 15.0. The fourth-order valence-electron chi connectivity index (χ4n) is 2.84. The molecular formula is C17H15N3O3S. The van der Waals surface area contributed by atoms with Gasteiger partial charge in [0.2, 0.25) is 0 Å². The zero-order valence-corrected chi connectivity index (χ0v) is 13.6. The number of fused-ring (bicyclic) bond motifs is 1. The van der Waals surface area contributed by atoms with Gasteiger partial charge in [-0.1, -0.05) is 30.3 Å². The molecule has 0 spiro atoms. The predicted molar refractivity (Wildman–Crippen MR) is 90.4 cm³/mol. The van der Waals surface area contributed by atoms with Gasteiger partial charge in [0.05, 0.1) is 13.2 Å². The van der Waals surface area contributed by atoms with Crippen molar-refractivity contribution >= 4 is 22.2 Å². The first-order valence-corrected chi connectivity index (χ1v) is 8.53. The predicted octanol–water partition coefficient (Wildman–Crippen LogP) is 1.97. The molecule has 0 saturated carbocycles. The van der Waals surface area contributed by atoms with Crippen LogP contribution in [0.5, 0.6) is 0 Å². The van der Waals surface area contributed by atoms with Gasteiger partial charge in [0.15, 0.2) is 4.96 Å². The highest BCUT2D eigenvalue weighted by molar-refractivity contribution is 7.15. The van der Waals surface area contributed by atoms with Crippen LogP contribution < -0.4 is 5.56 Å². The van der Waals surface area contributed by atoms with E-state index >= 15 is 0 Å². The number of carbonyl (C=O) groups excluding carboxylic acids is 1. The van der Waals surface area contributed by atoms with E-state index in [-0.39, 0.29) is 23.1 Å². The smallest absolute Gasteiger partial charge is 0.271 e. The zero-order valence-electron chi connectivity index (χ0n) is 12.8. The molecule has 0 radical (unpaired) electrons. The molecule has 1 saturated heterocycles. The summed E-state index contributed by atoms with van der Waals surface area (Å²) >= 11 is 1.36. The van der Waals surface area contributed by atoms with Crippen molar-refractivity contribution in [2.75, 3.05) is 19.7 Å². The zero-order chi connectivity index (χ0) is 16.5. The molecule has 1 atom stereocenters. The highest BCUT2D eigenvalue weighted by atomic mass is 32.1. The SMILES string of the molecule is O=C(c1cnc2sccn2c1=O)N1CCOC(c2ccccc2)C1. The minimum Gasteiger partial charge on any atom is -0.370 e. The lowest BCUT2D eigenvalue weighted by Gasteiger charge is -2.33. The number of nitrogens with zero attached hydrogens (tertiary/aromatic N) is 3.